The summed E-state index contributed by atoms with van der Waals surface area (Å²) in [6.45, 7) is 0. The Hall–Kier alpha value is -3.18. The largest absolute Gasteiger partial charge is 0.497 e. The van der Waals surface area contributed by atoms with Crippen molar-refractivity contribution in [3.8, 4) is 5.75 Å². The molecule has 0 aromatic heterocycles. The van der Waals surface area contributed by atoms with Gasteiger partial charge in [0, 0.05) is 11.4 Å². The Morgan fingerprint density at radius 3 is 2.32 bits per heavy atom. The van der Waals surface area contributed by atoms with Crippen LogP contribution in [0, 0.1) is 0 Å². The number of anilines is 2. The van der Waals surface area contributed by atoms with Crippen LogP contribution >= 0.6 is 11.8 Å². The third kappa shape index (κ3) is 5.00. The first-order valence-electron chi connectivity index (χ1n) is 9.96. The van der Waals surface area contributed by atoms with E-state index in [1.807, 2.05) is 0 Å². The molecule has 1 N–H and O–H groups in total. The fourth-order valence-electron chi connectivity index (χ4n) is 3.46. The van der Waals surface area contributed by atoms with Crippen LogP contribution in [0.25, 0.3) is 0 Å². The van der Waals surface area contributed by atoms with Crippen LogP contribution in [-0.2, 0) is 21.0 Å². The van der Waals surface area contributed by atoms with E-state index in [9.17, 15) is 26.4 Å². The minimum Gasteiger partial charge on any atom is -0.497 e. The monoisotopic (exact) mass is 508 g/mol. The summed E-state index contributed by atoms with van der Waals surface area (Å²) in [6.07, 6.45) is -4.65. The Bertz CT molecular complexity index is 1300. The number of ether oxygens (including phenoxy) is 1. The molecule has 1 fully saturated rings. The molecule has 1 amide bonds. The maximum atomic E-state index is 12.9. The number of hydrogen-bond donors (Lipinski definition) is 1. The Kier molecular flexibility index (Phi) is 6.50. The van der Waals surface area contributed by atoms with Crippen molar-refractivity contribution in [2.75, 3.05) is 22.5 Å². The van der Waals surface area contributed by atoms with Crippen molar-refractivity contribution in [3.63, 3.8) is 0 Å². The number of carbonyl (C=O) groups is 1. The molecule has 0 aliphatic carbocycles. The Morgan fingerprint density at radius 2 is 1.71 bits per heavy atom. The lowest BCUT2D eigenvalue weighted by Crippen LogP contribution is -2.27. The number of amides is 1. The molecule has 34 heavy (non-hydrogen) atoms. The minimum atomic E-state index is -4.65. The summed E-state index contributed by atoms with van der Waals surface area (Å²) in [4.78, 5) is 13.7. The first kappa shape index (κ1) is 24.0. The fraction of sp³-hybridized carbons (Fsp3) is 0.174. The summed E-state index contributed by atoms with van der Waals surface area (Å²) in [5.74, 6) is 0.896. The number of thioether (sulfide) groups is 1. The standard InChI is InChI=1S/C23H19F3N2O4S2/c1-32-19-11-9-18(10-12-19)28-21(29)14-33-22(28)15-5-7-17(8-6-15)27-34(30,31)20-4-2-3-16(13-20)23(24,25)26/h2-13,22,27H,14H2,1H3. The third-order valence-corrected chi connectivity index (χ3v) is 7.73. The quantitative estimate of drug-likeness (QED) is 0.490. The number of alkyl halides is 3. The van der Waals surface area contributed by atoms with Gasteiger partial charge in [0.2, 0.25) is 5.91 Å². The molecule has 1 aliphatic heterocycles. The van der Waals surface area contributed by atoms with E-state index in [4.69, 9.17) is 4.74 Å². The molecule has 1 atom stereocenters. The Morgan fingerprint density at radius 1 is 1.03 bits per heavy atom. The minimum absolute atomic E-state index is 0.0607. The van der Waals surface area contributed by atoms with E-state index in [-0.39, 0.29) is 17.0 Å². The highest BCUT2D eigenvalue weighted by molar-refractivity contribution is 8.00. The summed E-state index contributed by atoms with van der Waals surface area (Å²) in [6, 6.07) is 17.0. The lowest BCUT2D eigenvalue weighted by Gasteiger charge is -2.24. The van der Waals surface area contributed by atoms with Crippen LogP contribution in [0.15, 0.2) is 77.7 Å². The molecule has 1 unspecified atom stereocenters. The number of sulfonamides is 1. The smallest absolute Gasteiger partial charge is 0.416 e. The number of rotatable bonds is 6. The maximum absolute atomic E-state index is 12.9. The second kappa shape index (κ2) is 9.22. The Labute approximate surface area is 198 Å². The highest BCUT2D eigenvalue weighted by Crippen LogP contribution is 2.42. The van der Waals surface area contributed by atoms with Crippen LogP contribution in [0.3, 0.4) is 0 Å². The first-order chi connectivity index (χ1) is 16.1. The molecule has 1 heterocycles. The van der Waals surface area contributed by atoms with Crippen LogP contribution < -0.4 is 14.4 Å². The van der Waals surface area contributed by atoms with E-state index in [2.05, 4.69) is 4.72 Å². The first-order valence-corrected chi connectivity index (χ1v) is 12.5. The van der Waals surface area contributed by atoms with E-state index in [0.717, 1.165) is 23.8 Å². The van der Waals surface area contributed by atoms with Gasteiger partial charge in [0.05, 0.1) is 23.3 Å². The van der Waals surface area contributed by atoms with E-state index in [0.29, 0.717) is 23.3 Å². The number of halogens is 3. The number of carbonyl (C=O) groups excluding carboxylic acids is 1. The SMILES string of the molecule is COc1ccc(N2C(=O)CSC2c2ccc(NS(=O)(=O)c3cccc(C(F)(F)F)c3)cc2)cc1. The second-order valence-corrected chi connectivity index (χ2v) is 10.1. The molecule has 0 radical (unpaired) electrons. The molecule has 0 spiro atoms. The molecular formula is C23H19F3N2O4S2. The molecule has 1 saturated heterocycles. The van der Waals surface area contributed by atoms with Gasteiger partial charge in [-0.2, -0.15) is 13.2 Å². The van der Waals surface area contributed by atoms with Crippen LogP contribution in [-0.4, -0.2) is 27.2 Å². The number of nitrogens with zero attached hydrogens (tertiary/aromatic N) is 1. The number of nitrogens with one attached hydrogen (secondary N) is 1. The predicted octanol–water partition coefficient (Wildman–Crippen LogP) is 5.29. The van der Waals surface area contributed by atoms with Gasteiger partial charge in [-0.25, -0.2) is 8.42 Å². The van der Waals surface area contributed by atoms with Gasteiger partial charge in [-0.3, -0.25) is 14.4 Å². The van der Waals surface area contributed by atoms with E-state index < -0.39 is 26.7 Å². The predicted molar refractivity (Wildman–Crippen MR) is 124 cm³/mol. The number of hydrogen-bond acceptors (Lipinski definition) is 5. The van der Waals surface area contributed by atoms with Crippen molar-refractivity contribution in [1.29, 1.82) is 0 Å². The van der Waals surface area contributed by atoms with Crippen LogP contribution in [0.5, 0.6) is 5.75 Å². The van der Waals surface area contributed by atoms with E-state index in [1.165, 1.54) is 23.9 Å². The lowest BCUT2D eigenvalue weighted by molar-refractivity contribution is -0.137. The summed E-state index contributed by atoms with van der Waals surface area (Å²) in [7, 11) is -2.68. The zero-order chi connectivity index (χ0) is 24.5. The van der Waals surface area contributed by atoms with Gasteiger partial charge in [0.15, 0.2) is 0 Å². The molecule has 3 aromatic carbocycles. The molecule has 11 heteroatoms. The highest BCUT2D eigenvalue weighted by Gasteiger charge is 2.34. The summed E-state index contributed by atoms with van der Waals surface area (Å²) in [5.41, 5.74) is 0.613. The molecular weight excluding hydrogens is 489 g/mol. The zero-order valence-corrected chi connectivity index (χ0v) is 19.4. The van der Waals surface area contributed by atoms with Crippen molar-refractivity contribution < 1.29 is 31.1 Å². The van der Waals surface area contributed by atoms with Crippen LogP contribution in [0.1, 0.15) is 16.5 Å². The van der Waals surface area contributed by atoms with Gasteiger partial charge < -0.3 is 4.74 Å². The molecule has 4 rings (SSSR count). The van der Waals surface area contributed by atoms with Crippen molar-refractivity contribution in [3.05, 3.63) is 83.9 Å². The van der Waals surface area contributed by atoms with E-state index >= 15 is 0 Å². The van der Waals surface area contributed by atoms with Crippen molar-refractivity contribution in [1.82, 2.24) is 0 Å². The van der Waals surface area contributed by atoms with Gasteiger partial charge in [-0.05, 0) is 60.2 Å². The molecule has 3 aromatic rings. The van der Waals surface area contributed by atoms with Gasteiger partial charge >= 0.3 is 6.18 Å². The molecule has 0 saturated carbocycles. The second-order valence-electron chi connectivity index (χ2n) is 7.38. The average Bonchev–Trinajstić information content (AvgIpc) is 3.20. The summed E-state index contributed by atoms with van der Waals surface area (Å²) >= 11 is 1.44. The summed E-state index contributed by atoms with van der Waals surface area (Å²) in [5, 5.41) is -0.310. The normalized spacial score (nSPS) is 16.5. The number of methoxy groups -OCH3 is 1. The molecule has 1 aliphatic rings. The Balaban J connectivity index is 1.54. The molecule has 0 bridgehead atoms. The maximum Gasteiger partial charge on any atom is 0.416 e. The molecule has 6 nitrogen and oxygen atoms in total. The van der Waals surface area contributed by atoms with Crippen LogP contribution in [0.2, 0.25) is 0 Å². The van der Waals surface area contributed by atoms with Crippen molar-refractivity contribution >= 4 is 39.1 Å². The van der Waals surface area contributed by atoms with Crippen molar-refractivity contribution in [2.24, 2.45) is 0 Å². The fourth-order valence-corrected chi connectivity index (χ4v) is 5.74. The van der Waals surface area contributed by atoms with E-state index in [1.54, 1.807) is 48.4 Å². The zero-order valence-electron chi connectivity index (χ0n) is 17.7. The topological polar surface area (TPSA) is 75.7 Å². The van der Waals surface area contributed by atoms with Crippen LogP contribution in [0.4, 0.5) is 24.5 Å². The average molecular weight is 509 g/mol. The molecule has 178 valence electrons. The number of benzene rings is 3. The van der Waals surface area contributed by atoms with Gasteiger partial charge in [0.25, 0.3) is 10.0 Å². The van der Waals surface area contributed by atoms with Gasteiger partial charge in [0.1, 0.15) is 11.1 Å². The van der Waals surface area contributed by atoms with Gasteiger partial charge in [-0.1, -0.05) is 18.2 Å². The van der Waals surface area contributed by atoms with Crippen molar-refractivity contribution in [2.45, 2.75) is 16.4 Å². The summed E-state index contributed by atoms with van der Waals surface area (Å²) < 4.78 is 71.5. The third-order valence-electron chi connectivity index (χ3n) is 5.14. The lowest BCUT2D eigenvalue weighted by atomic mass is 10.1. The highest BCUT2D eigenvalue weighted by atomic mass is 32.2. The van der Waals surface area contributed by atoms with Gasteiger partial charge in [-0.15, -0.1) is 11.8 Å².